The van der Waals surface area contributed by atoms with E-state index in [1.54, 1.807) is 13.8 Å². The van der Waals surface area contributed by atoms with Gasteiger partial charge in [-0.15, -0.1) is 0 Å². The highest BCUT2D eigenvalue weighted by Gasteiger charge is 2.32. The first-order chi connectivity index (χ1) is 24.1. The van der Waals surface area contributed by atoms with E-state index in [1.165, 1.54) is 0 Å². The summed E-state index contributed by atoms with van der Waals surface area (Å²) in [5.74, 6) is -7.41. The van der Waals surface area contributed by atoms with Gasteiger partial charge in [-0.05, 0) is 63.0 Å². The van der Waals surface area contributed by atoms with Gasteiger partial charge in [-0.2, -0.15) is 0 Å². The predicted octanol–water partition coefficient (Wildman–Crippen LogP) is -0.545. The van der Waals surface area contributed by atoms with E-state index in [4.69, 9.17) is 11.5 Å². The highest BCUT2D eigenvalue weighted by molar-refractivity contribution is 5.96. The Morgan fingerprint density at radius 3 is 1.82 bits per heavy atom. The van der Waals surface area contributed by atoms with Crippen LogP contribution in [-0.2, 0) is 44.8 Å². The van der Waals surface area contributed by atoms with Crippen LogP contribution in [0.3, 0.4) is 0 Å². The first-order valence-corrected chi connectivity index (χ1v) is 17.1. The Labute approximate surface area is 297 Å². The van der Waals surface area contributed by atoms with Crippen LogP contribution in [0.5, 0.6) is 0 Å². The molecular weight excluding hydrogens is 666 g/mol. The van der Waals surface area contributed by atoms with Crippen molar-refractivity contribution >= 4 is 47.4 Å². The lowest BCUT2D eigenvalue weighted by Gasteiger charge is -2.26. The van der Waals surface area contributed by atoms with Crippen molar-refractivity contribution in [3.05, 3.63) is 35.9 Å². The SMILES string of the molecule is CC(C)C[C@H](NC(=O)[C@H](CCC(=O)O)NC(=O)[C@H](CC(=O)O)NC(=O)[C@H](CCCCN)NC(=O)CCNC(=O)CCCc1ccccc1)C(N)=O. The van der Waals surface area contributed by atoms with E-state index in [9.17, 15) is 48.6 Å². The van der Waals surface area contributed by atoms with Crippen molar-refractivity contribution in [2.24, 2.45) is 17.4 Å². The fourth-order valence-electron chi connectivity index (χ4n) is 4.98. The molecule has 0 heterocycles. The topological polar surface area (TPSA) is 289 Å². The van der Waals surface area contributed by atoms with Gasteiger partial charge in [-0.25, -0.2) is 0 Å². The van der Waals surface area contributed by atoms with Crippen molar-refractivity contribution in [3.63, 3.8) is 0 Å². The molecule has 0 saturated carbocycles. The predicted molar refractivity (Wildman–Crippen MR) is 185 cm³/mol. The van der Waals surface area contributed by atoms with Crippen molar-refractivity contribution in [1.82, 2.24) is 26.6 Å². The molecule has 4 atom stereocenters. The minimum absolute atomic E-state index is 0.00472. The Hall–Kier alpha value is -5.06. The van der Waals surface area contributed by atoms with Crippen LogP contribution >= 0.6 is 0 Å². The zero-order valence-corrected chi connectivity index (χ0v) is 29.3. The second-order valence-electron chi connectivity index (χ2n) is 12.6. The molecule has 284 valence electrons. The van der Waals surface area contributed by atoms with Gasteiger partial charge in [0.25, 0.3) is 0 Å². The van der Waals surface area contributed by atoms with E-state index in [1.807, 2.05) is 30.3 Å². The molecule has 0 radical (unpaired) electrons. The summed E-state index contributed by atoms with van der Waals surface area (Å²) in [6.07, 6.45) is 0.697. The molecule has 11 N–H and O–H groups in total. The second-order valence-corrected chi connectivity index (χ2v) is 12.6. The third-order valence-electron chi connectivity index (χ3n) is 7.64. The largest absolute Gasteiger partial charge is 0.481 e. The first-order valence-electron chi connectivity index (χ1n) is 17.1. The van der Waals surface area contributed by atoms with Crippen LogP contribution in [-0.4, -0.2) is 94.9 Å². The van der Waals surface area contributed by atoms with E-state index in [2.05, 4.69) is 26.6 Å². The van der Waals surface area contributed by atoms with Gasteiger partial charge >= 0.3 is 11.9 Å². The lowest BCUT2D eigenvalue weighted by molar-refractivity contribution is -0.141. The van der Waals surface area contributed by atoms with Gasteiger partial charge in [-0.1, -0.05) is 44.2 Å². The summed E-state index contributed by atoms with van der Waals surface area (Å²) in [7, 11) is 0. The van der Waals surface area contributed by atoms with Crippen molar-refractivity contribution in [3.8, 4) is 0 Å². The molecule has 1 rings (SSSR count). The quantitative estimate of drug-likeness (QED) is 0.0548. The van der Waals surface area contributed by atoms with E-state index >= 15 is 0 Å². The molecule has 0 spiro atoms. The molecule has 6 amide bonds. The van der Waals surface area contributed by atoms with Gasteiger partial charge in [0.15, 0.2) is 0 Å². The highest BCUT2D eigenvalue weighted by atomic mass is 16.4. The summed E-state index contributed by atoms with van der Waals surface area (Å²) in [4.78, 5) is 99.5. The van der Waals surface area contributed by atoms with Crippen LogP contribution in [0.1, 0.15) is 83.6 Å². The molecule has 0 fully saturated rings. The van der Waals surface area contributed by atoms with E-state index in [0.717, 1.165) is 12.0 Å². The van der Waals surface area contributed by atoms with Gasteiger partial charge in [0.1, 0.15) is 24.2 Å². The minimum atomic E-state index is -1.73. The molecule has 0 aliphatic carbocycles. The lowest BCUT2D eigenvalue weighted by Crippen LogP contribution is -2.58. The smallest absolute Gasteiger partial charge is 0.305 e. The van der Waals surface area contributed by atoms with Gasteiger partial charge in [-0.3, -0.25) is 38.4 Å². The lowest BCUT2D eigenvalue weighted by atomic mass is 10.0. The summed E-state index contributed by atoms with van der Waals surface area (Å²) in [5.41, 5.74) is 12.1. The third-order valence-corrected chi connectivity index (χ3v) is 7.64. The van der Waals surface area contributed by atoms with E-state index in [-0.39, 0.29) is 44.1 Å². The van der Waals surface area contributed by atoms with E-state index in [0.29, 0.717) is 25.8 Å². The number of amides is 6. The summed E-state index contributed by atoms with van der Waals surface area (Å²) >= 11 is 0. The molecule has 0 bridgehead atoms. The van der Waals surface area contributed by atoms with Gasteiger partial charge in [0, 0.05) is 25.8 Å². The molecule has 1 aromatic carbocycles. The van der Waals surface area contributed by atoms with Gasteiger partial charge in [0.05, 0.1) is 6.42 Å². The molecule has 17 nitrogen and oxygen atoms in total. The number of benzene rings is 1. The first kappa shape index (κ1) is 44.0. The number of carbonyl (C=O) groups excluding carboxylic acids is 6. The van der Waals surface area contributed by atoms with Crippen LogP contribution in [0.15, 0.2) is 30.3 Å². The Balaban J connectivity index is 2.93. The number of aliphatic carboxylic acids is 2. The number of carbonyl (C=O) groups is 8. The van der Waals surface area contributed by atoms with Crippen LogP contribution < -0.4 is 38.1 Å². The number of carboxylic acids is 2. The molecule has 0 aliphatic rings. The Morgan fingerprint density at radius 2 is 1.25 bits per heavy atom. The van der Waals surface area contributed by atoms with Crippen molar-refractivity contribution in [2.75, 3.05) is 13.1 Å². The number of primary amides is 1. The maximum absolute atomic E-state index is 13.3. The number of unbranched alkanes of at least 4 members (excludes halogenated alkanes) is 1. The number of nitrogens with one attached hydrogen (secondary N) is 5. The maximum atomic E-state index is 13.3. The van der Waals surface area contributed by atoms with Gasteiger partial charge < -0.3 is 48.3 Å². The van der Waals surface area contributed by atoms with E-state index < -0.39 is 84.9 Å². The molecule has 0 aromatic heterocycles. The number of hydrogen-bond donors (Lipinski definition) is 9. The number of rotatable bonds is 26. The molecule has 0 aliphatic heterocycles. The van der Waals surface area contributed by atoms with Crippen LogP contribution in [0.25, 0.3) is 0 Å². The van der Waals surface area contributed by atoms with Crippen LogP contribution in [0.2, 0.25) is 0 Å². The number of hydrogen-bond acceptors (Lipinski definition) is 9. The fourth-order valence-corrected chi connectivity index (χ4v) is 4.98. The Bertz CT molecular complexity index is 1330. The molecule has 1 aromatic rings. The number of carboxylic acid groups (broad SMARTS) is 2. The Morgan fingerprint density at radius 1 is 0.667 bits per heavy atom. The highest BCUT2D eigenvalue weighted by Crippen LogP contribution is 2.09. The second kappa shape index (κ2) is 24.2. The van der Waals surface area contributed by atoms with Crippen LogP contribution in [0, 0.1) is 5.92 Å². The van der Waals surface area contributed by atoms with Crippen molar-refractivity contribution in [2.45, 2.75) is 109 Å². The molecule has 17 heteroatoms. The standard InChI is InChI=1S/C34H53N7O10/c1-21(2)19-25(31(36)48)40-33(50)24(14-15-29(44)45)39-34(51)26(20-30(46)47)41-32(49)23(12-6-7-17-35)38-28(43)16-18-37-27(42)13-8-11-22-9-4-3-5-10-22/h3-5,9-10,21,23-26H,6-8,11-20,35H2,1-2H3,(H2,36,48)(H,37,42)(H,38,43)(H,39,51)(H,40,50)(H,41,49)(H,44,45)(H,46,47)/t23-,24-,25-,26-/m0/s1. The summed E-state index contributed by atoms with van der Waals surface area (Å²) in [5, 5.41) is 30.9. The van der Waals surface area contributed by atoms with Crippen molar-refractivity contribution < 1.29 is 48.6 Å². The fraction of sp³-hybridized carbons (Fsp3) is 0.588. The monoisotopic (exact) mass is 719 g/mol. The third kappa shape index (κ3) is 19.6. The number of aryl methyl sites for hydroxylation is 1. The van der Waals surface area contributed by atoms with Gasteiger partial charge in [0.2, 0.25) is 35.4 Å². The number of nitrogens with two attached hydrogens (primary N) is 2. The average Bonchev–Trinajstić information content (AvgIpc) is 3.05. The summed E-state index contributed by atoms with van der Waals surface area (Å²) in [6, 6.07) is 4.09. The minimum Gasteiger partial charge on any atom is -0.481 e. The molecular formula is C34H53N7O10. The molecule has 51 heavy (non-hydrogen) atoms. The maximum Gasteiger partial charge on any atom is 0.305 e. The Kier molecular flexibility index (Phi) is 20.8. The molecule has 0 unspecified atom stereocenters. The zero-order valence-electron chi connectivity index (χ0n) is 29.3. The van der Waals surface area contributed by atoms with Crippen molar-refractivity contribution in [1.29, 1.82) is 0 Å². The zero-order chi connectivity index (χ0) is 38.3. The summed E-state index contributed by atoms with van der Waals surface area (Å²) in [6.45, 7) is 3.87. The molecule has 0 saturated heterocycles. The average molecular weight is 720 g/mol. The summed E-state index contributed by atoms with van der Waals surface area (Å²) < 4.78 is 0. The van der Waals surface area contributed by atoms with Crippen LogP contribution in [0.4, 0.5) is 0 Å². The normalized spacial score (nSPS) is 13.2.